The molecule has 3 saturated heterocycles. The lowest BCUT2D eigenvalue weighted by Gasteiger charge is -2.59. The summed E-state index contributed by atoms with van der Waals surface area (Å²) in [6.07, 6.45) is 6.41. The molecule has 6 nitrogen and oxygen atoms in total. The fourth-order valence-electron chi connectivity index (χ4n) is 9.06. The van der Waals surface area contributed by atoms with Gasteiger partial charge in [0.25, 0.3) is 0 Å². The van der Waals surface area contributed by atoms with Crippen molar-refractivity contribution >= 4 is 5.78 Å². The molecule has 29 heavy (non-hydrogen) atoms. The lowest BCUT2D eigenvalue weighted by molar-refractivity contribution is -0.248. The van der Waals surface area contributed by atoms with Gasteiger partial charge in [-0.05, 0) is 31.1 Å². The normalized spacial score (nSPS) is 56.1. The Hall–Kier alpha value is -0.530. The van der Waals surface area contributed by atoms with E-state index in [4.69, 9.17) is 23.7 Å². The standard InChI is InChI=1S/C23H32O6/c1-19-5-6-21(25-7-8-26-21)13-22(19)17(29-22)11-14-15-3-4-23(27-9-10-28-23)20(15,2)12-16(24)18(14)19/h14-15,17-18H,3-13H2,1-2H3/t14-,15-,17-,18+,19+,20-,22-/m0/s1. The summed E-state index contributed by atoms with van der Waals surface area (Å²) in [5, 5.41) is 0. The number of ether oxygens (including phenoxy) is 5. The topological polar surface area (TPSA) is 66.5 Å². The van der Waals surface area contributed by atoms with E-state index in [-0.39, 0.29) is 28.5 Å². The van der Waals surface area contributed by atoms with Crippen molar-refractivity contribution in [2.45, 2.75) is 82.1 Å². The highest BCUT2D eigenvalue weighted by atomic mass is 16.7. The molecule has 7 fully saturated rings. The number of ketones is 1. The van der Waals surface area contributed by atoms with E-state index in [2.05, 4.69) is 13.8 Å². The average molecular weight is 405 g/mol. The first-order chi connectivity index (χ1) is 13.9. The molecule has 0 radical (unpaired) electrons. The molecule has 6 heteroatoms. The van der Waals surface area contributed by atoms with E-state index < -0.39 is 11.6 Å². The van der Waals surface area contributed by atoms with Gasteiger partial charge in [-0.25, -0.2) is 0 Å². The minimum Gasteiger partial charge on any atom is -0.365 e. The monoisotopic (exact) mass is 404 g/mol. The maximum Gasteiger partial charge on any atom is 0.174 e. The van der Waals surface area contributed by atoms with Gasteiger partial charge in [0.15, 0.2) is 11.6 Å². The molecule has 3 aliphatic heterocycles. The number of epoxide rings is 1. The molecule has 4 aliphatic carbocycles. The van der Waals surface area contributed by atoms with E-state index in [9.17, 15) is 4.79 Å². The average Bonchev–Trinajstić information content (AvgIpc) is 3.06. The molecule has 0 amide bonds. The molecule has 3 heterocycles. The van der Waals surface area contributed by atoms with Crippen LogP contribution in [0, 0.1) is 28.6 Å². The predicted octanol–water partition coefficient (Wildman–Crippen LogP) is 2.83. The van der Waals surface area contributed by atoms with E-state index in [1.54, 1.807) is 0 Å². The van der Waals surface area contributed by atoms with Crippen molar-refractivity contribution in [3.63, 3.8) is 0 Å². The van der Waals surface area contributed by atoms with Crippen LogP contribution in [-0.4, -0.2) is 55.5 Å². The van der Waals surface area contributed by atoms with E-state index in [1.807, 2.05) is 0 Å². The zero-order valence-electron chi connectivity index (χ0n) is 17.5. The van der Waals surface area contributed by atoms with Crippen LogP contribution in [0.3, 0.4) is 0 Å². The first-order valence-electron chi connectivity index (χ1n) is 11.6. The van der Waals surface area contributed by atoms with Crippen LogP contribution in [0.25, 0.3) is 0 Å². The Kier molecular flexibility index (Phi) is 3.28. The van der Waals surface area contributed by atoms with Crippen molar-refractivity contribution in [3.05, 3.63) is 0 Å². The number of carbonyl (C=O) groups excluding carboxylic acids is 1. The minimum atomic E-state index is -0.541. The first-order valence-corrected chi connectivity index (χ1v) is 11.6. The molecular weight excluding hydrogens is 372 g/mol. The highest BCUT2D eigenvalue weighted by Crippen LogP contribution is 2.75. The summed E-state index contributed by atoms with van der Waals surface area (Å²) in [4.78, 5) is 13.8. The van der Waals surface area contributed by atoms with Gasteiger partial charge in [0.05, 0.1) is 32.5 Å². The fourth-order valence-corrected chi connectivity index (χ4v) is 9.06. The van der Waals surface area contributed by atoms with Gasteiger partial charge in [0.1, 0.15) is 11.4 Å². The van der Waals surface area contributed by atoms with Gasteiger partial charge in [-0.15, -0.1) is 0 Å². The zero-order valence-corrected chi connectivity index (χ0v) is 17.5. The minimum absolute atomic E-state index is 0.0784. The van der Waals surface area contributed by atoms with Gasteiger partial charge in [-0.1, -0.05) is 13.8 Å². The van der Waals surface area contributed by atoms with Gasteiger partial charge in [0, 0.05) is 42.4 Å². The van der Waals surface area contributed by atoms with Crippen LogP contribution in [-0.2, 0) is 28.5 Å². The van der Waals surface area contributed by atoms with Crippen LogP contribution in [0.1, 0.15) is 58.8 Å². The SMILES string of the molecule is C[C@]12CC(=O)[C@H]3[C@@H](C[C@@H]4O[C@@]45CC4(CC[C@]35C)OCCO4)[C@@H]1CCC21OCCO1. The molecular formula is C23H32O6. The molecule has 7 rings (SSSR count). The molecule has 0 unspecified atom stereocenters. The molecule has 7 aliphatic rings. The molecule has 3 spiro atoms. The predicted molar refractivity (Wildman–Crippen MR) is 101 cm³/mol. The second-order valence-electron chi connectivity index (χ2n) is 11.2. The van der Waals surface area contributed by atoms with Crippen LogP contribution >= 0.6 is 0 Å². The smallest absolute Gasteiger partial charge is 0.174 e. The summed E-state index contributed by atoms with van der Waals surface area (Å²) in [5.74, 6) is 0.316. The quantitative estimate of drug-likeness (QED) is 0.579. The Morgan fingerprint density at radius 2 is 1.62 bits per heavy atom. The van der Waals surface area contributed by atoms with Crippen LogP contribution in [0.5, 0.6) is 0 Å². The van der Waals surface area contributed by atoms with Crippen molar-refractivity contribution in [3.8, 4) is 0 Å². The Balaban J connectivity index is 1.26. The Bertz CT molecular complexity index is 769. The maximum absolute atomic E-state index is 13.8. The summed E-state index contributed by atoms with van der Waals surface area (Å²) in [5.41, 5.74) is -0.565. The maximum atomic E-state index is 13.8. The number of fused-ring (bicyclic) bond motifs is 5. The largest absolute Gasteiger partial charge is 0.365 e. The highest BCUT2D eigenvalue weighted by Gasteiger charge is 2.80. The highest BCUT2D eigenvalue weighted by molar-refractivity contribution is 5.85. The molecule has 0 aromatic heterocycles. The third-order valence-corrected chi connectivity index (χ3v) is 10.4. The zero-order chi connectivity index (χ0) is 19.7. The molecule has 0 aromatic carbocycles. The van der Waals surface area contributed by atoms with Crippen LogP contribution in [0.4, 0.5) is 0 Å². The summed E-state index contributed by atoms with van der Waals surface area (Å²) in [6.45, 7) is 7.24. The first kappa shape index (κ1) is 18.1. The van der Waals surface area contributed by atoms with E-state index in [0.717, 1.165) is 38.5 Å². The fraction of sp³-hybridized carbons (Fsp3) is 0.957. The number of carbonyl (C=O) groups is 1. The van der Waals surface area contributed by atoms with Crippen molar-refractivity contribution in [2.24, 2.45) is 28.6 Å². The Labute approximate surface area is 171 Å². The lowest BCUT2D eigenvalue weighted by atomic mass is 9.44. The van der Waals surface area contributed by atoms with Gasteiger partial charge < -0.3 is 23.7 Å². The number of hydrogen-bond acceptors (Lipinski definition) is 6. The summed E-state index contributed by atoms with van der Waals surface area (Å²) in [6, 6.07) is 0. The second kappa shape index (κ2) is 5.26. The van der Waals surface area contributed by atoms with Gasteiger partial charge >= 0.3 is 0 Å². The number of rotatable bonds is 0. The summed E-state index contributed by atoms with van der Waals surface area (Å²) in [7, 11) is 0. The van der Waals surface area contributed by atoms with Gasteiger partial charge in [-0.2, -0.15) is 0 Å². The number of hydrogen-bond donors (Lipinski definition) is 0. The van der Waals surface area contributed by atoms with Crippen LogP contribution in [0.2, 0.25) is 0 Å². The van der Waals surface area contributed by atoms with Gasteiger partial charge in [-0.3, -0.25) is 4.79 Å². The van der Waals surface area contributed by atoms with Crippen LogP contribution < -0.4 is 0 Å². The molecule has 0 aromatic rings. The van der Waals surface area contributed by atoms with E-state index in [0.29, 0.717) is 50.5 Å². The van der Waals surface area contributed by atoms with Crippen molar-refractivity contribution in [1.29, 1.82) is 0 Å². The van der Waals surface area contributed by atoms with Crippen molar-refractivity contribution < 1.29 is 28.5 Å². The lowest BCUT2D eigenvalue weighted by Crippen LogP contribution is -2.64. The third-order valence-electron chi connectivity index (χ3n) is 10.4. The summed E-state index contributed by atoms with van der Waals surface area (Å²) >= 11 is 0. The van der Waals surface area contributed by atoms with Crippen molar-refractivity contribution in [2.75, 3.05) is 26.4 Å². The molecule has 4 saturated carbocycles. The Morgan fingerprint density at radius 3 is 2.38 bits per heavy atom. The van der Waals surface area contributed by atoms with E-state index in [1.165, 1.54) is 0 Å². The molecule has 0 bridgehead atoms. The van der Waals surface area contributed by atoms with Crippen molar-refractivity contribution in [1.82, 2.24) is 0 Å². The summed E-state index contributed by atoms with van der Waals surface area (Å²) < 4.78 is 31.0. The number of Topliss-reactive ketones (excluding diaryl/α,β-unsaturated/α-hetero) is 1. The molecule has 0 N–H and O–H groups in total. The van der Waals surface area contributed by atoms with Crippen LogP contribution in [0.15, 0.2) is 0 Å². The molecule has 160 valence electrons. The van der Waals surface area contributed by atoms with E-state index >= 15 is 0 Å². The Morgan fingerprint density at radius 1 is 0.897 bits per heavy atom. The third kappa shape index (κ3) is 1.91. The second-order valence-corrected chi connectivity index (χ2v) is 11.2. The molecule has 7 atom stereocenters. The van der Waals surface area contributed by atoms with Gasteiger partial charge in [0.2, 0.25) is 0 Å².